The number of hydrogen-bond acceptors (Lipinski definition) is 4. The van der Waals surface area contributed by atoms with Crippen LogP contribution in [-0.2, 0) is 23.0 Å². The van der Waals surface area contributed by atoms with Gasteiger partial charge in [0.2, 0.25) is 0 Å². The molecule has 3 nitrogen and oxygen atoms in total. The minimum Gasteiger partial charge on any atom is -0.497 e. The molecule has 1 aromatic heterocycles. The molecule has 0 saturated heterocycles. The lowest BCUT2D eigenvalue weighted by Gasteiger charge is -2.03. The highest BCUT2D eigenvalue weighted by molar-refractivity contribution is 7.84. The molecule has 0 aliphatic carbocycles. The maximum atomic E-state index is 12.0. The summed E-state index contributed by atoms with van der Waals surface area (Å²) in [5.74, 6) is 2.15. The van der Waals surface area contributed by atoms with Gasteiger partial charge in [0.05, 0.1) is 17.9 Å². The number of thiazole rings is 1. The quantitative estimate of drug-likeness (QED) is 0.822. The molecular formula is C14H17NO2S2. The molecule has 1 heterocycles. The zero-order valence-corrected chi connectivity index (χ0v) is 12.7. The number of aryl methyl sites for hydroxylation is 2. The van der Waals surface area contributed by atoms with E-state index in [2.05, 4.69) is 4.98 Å². The fraction of sp³-hybridized carbons (Fsp3) is 0.357. The lowest BCUT2D eigenvalue weighted by molar-refractivity contribution is 0.414. The van der Waals surface area contributed by atoms with Crippen molar-refractivity contribution in [1.29, 1.82) is 0 Å². The molecule has 0 amide bonds. The Morgan fingerprint density at radius 3 is 2.63 bits per heavy atom. The van der Waals surface area contributed by atoms with E-state index in [9.17, 15) is 4.21 Å². The highest BCUT2D eigenvalue weighted by atomic mass is 32.2. The van der Waals surface area contributed by atoms with Crippen molar-refractivity contribution in [3.63, 3.8) is 0 Å². The molecule has 0 fully saturated rings. The minimum absolute atomic E-state index is 0.613. The Hall–Kier alpha value is -1.20. The van der Waals surface area contributed by atoms with Crippen molar-refractivity contribution in [2.24, 2.45) is 0 Å². The van der Waals surface area contributed by atoms with Crippen LogP contribution in [0, 0.1) is 6.92 Å². The molecule has 0 aliphatic rings. The summed E-state index contributed by atoms with van der Waals surface area (Å²) >= 11 is 1.62. The van der Waals surface area contributed by atoms with E-state index in [1.807, 2.05) is 37.4 Å². The van der Waals surface area contributed by atoms with Gasteiger partial charge in [0, 0.05) is 27.6 Å². The van der Waals surface area contributed by atoms with Crippen molar-refractivity contribution < 1.29 is 8.95 Å². The summed E-state index contributed by atoms with van der Waals surface area (Å²) in [6, 6.07) is 7.91. The first kappa shape index (κ1) is 14.2. The number of methoxy groups -OCH3 is 1. The Morgan fingerprint density at radius 2 is 2.05 bits per heavy atom. The second-order valence-corrected chi connectivity index (χ2v) is 7.13. The second-order valence-electron chi connectivity index (χ2n) is 4.23. The molecule has 2 rings (SSSR count). The van der Waals surface area contributed by atoms with E-state index in [0.29, 0.717) is 11.5 Å². The van der Waals surface area contributed by atoms with Crippen LogP contribution in [0.1, 0.15) is 15.4 Å². The van der Waals surface area contributed by atoms with E-state index in [1.165, 1.54) is 5.56 Å². The van der Waals surface area contributed by atoms with Gasteiger partial charge in [0.1, 0.15) is 5.75 Å². The summed E-state index contributed by atoms with van der Waals surface area (Å²) in [6.07, 6.45) is 2.65. The monoisotopic (exact) mass is 295 g/mol. The van der Waals surface area contributed by atoms with Gasteiger partial charge in [0.15, 0.2) is 0 Å². The van der Waals surface area contributed by atoms with Gasteiger partial charge in [-0.15, -0.1) is 11.3 Å². The van der Waals surface area contributed by atoms with Crippen LogP contribution >= 0.6 is 11.3 Å². The fourth-order valence-electron chi connectivity index (χ4n) is 1.73. The van der Waals surface area contributed by atoms with E-state index >= 15 is 0 Å². The van der Waals surface area contributed by atoms with Gasteiger partial charge in [-0.2, -0.15) is 0 Å². The molecule has 102 valence electrons. The summed E-state index contributed by atoms with van der Waals surface area (Å²) < 4.78 is 17.1. The molecule has 0 spiro atoms. The summed E-state index contributed by atoms with van der Waals surface area (Å²) in [7, 11) is 0.828. The summed E-state index contributed by atoms with van der Waals surface area (Å²) in [4.78, 5) is 5.28. The van der Waals surface area contributed by atoms with Gasteiger partial charge in [-0.25, -0.2) is 4.98 Å². The zero-order valence-electron chi connectivity index (χ0n) is 11.1. The largest absolute Gasteiger partial charge is 0.497 e. The average Bonchev–Trinajstić information content (AvgIpc) is 2.82. The molecular weight excluding hydrogens is 278 g/mol. The molecule has 2 aromatic rings. The molecule has 1 unspecified atom stereocenters. The Balaban J connectivity index is 1.82. The lowest BCUT2D eigenvalue weighted by Crippen LogP contribution is -2.03. The predicted octanol–water partition coefficient (Wildman–Crippen LogP) is 2.95. The third-order valence-electron chi connectivity index (χ3n) is 2.75. The van der Waals surface area contributed by atoms with E-state index in [1.54, 1.807) is 18.4 Å². The topological polar surface area (TPSA) is 39.2 Å². The smallest absolute Gasteiger partial charge is 0.118 e. The second kappa shape index (κ2) is 6.82. The van der Waals surface area contributed by atoms with Crippen molar-refractivity contribution in [1.82, 2.24) is 4.98 Å². The van der Waals surface area contributed by atoms with Gasteiger partial charge in [-0.1, -0.05) is 12.1 Å². The standard InChI is InChI=1S/C14H17NO2S2/c1-11-15-9-14(18-11)10-19(16)8-7-12-3-5-13(17-2)6-4-12/h3-6,9H,7-8,10H2,1-2H3. The van der Waals surface area contributed by atoms with Crippen molar-refractivity contribution in [2.75, 3.05) is 12.9 Å². The SMILES string of the molecule is COc1ccc(CCS(=O)Cc2cnc(C)s2)cc1. The minimum atomic E-state index is -0.826. The number of hydrogen-bond donors (Lipinski definition) is 0. The number of ether oxygens (including phenoxy) is 1. The molecule has 0 N–H and O–H groups in total. The van der Waals surface area contributed by atoms with Crippen molar-refractivity contribution >= 4 is 22.1 Å². The molecule has 0 bridgehead atoms. The predicted molar refractivity (Wildman–Crippen MR) is 80.3 cm³/mol. The van der Waals surface area contributed by atoms with Crippen LogP contribution in [0.2, 0.25) is 0 Å². The van der Waals surface area contributed by atoms with E-state index in [0.717, 1.165) is 22.1 Å². The Labute approximate surface area is 120 Å². The number of aromatic nitrogens is 1. The molecule has 0 aliphatic heterocycles. The molecule has 0 saturated carbocycles. The Bertz CT molecular complexity index is 549. The first-order valence-corrected chi connectivity index (χ1v) is 8.37. The highest BCUT2D eigenvalue weighted by Gasteiger charge is 2.05. The summed E-state index contributed by atoms with van der Waals surface area (Å²) in [6.45, 7) is 1.97. The molecule has 19 heavy (non-hydrogen) atoms. The average molecular weight is 295 g/mol. The summed E-state index contributed by atoms with van der Waals surface area (Å²) in [5, 5.41) is 1.03. The van der Waals surface area contributed by atoms with Gasteiger partial charge < -0.3 is 4.74 Å². The lowest BCUT2D eigenvalue weighted by atomic mass is 10.2. The maximum Gasteiger partial charge on any atom is 0.118 e. The third-order valence-corrected chi connectivity index (χ3v) is 5.14. The highest BCUT2D eigenvalue weighted by Crippen LogP contribution is 2.15. The maximum absolute atomic E-state index is 12.0. The number of nitrogens with zero attached hydrogens (tertiary/aromatic N) is 1. The first-order valence-electron chi connectivity index (χ1n) is 6.06. The number of rotatable bonds is 6. The molecule has 1 aromatic carbocycles. The van der Waals surface area contributed by atoms with E-state index in [4.69, 9.17) is 4.74 Å². The van der Waals surface area contributed by atoms with E-state index < -0.39 is 10.8 Å². The van der Waals surface area contributed by atoms with Gasteiger partial charge >= 0.3 is 0 Å². The van der Waals surface area contributed by atoms with Crippen LogP contribution < -0.4 is 4.74 Å². The molecule has 0 radical (unpaired) electrons. The Kier molecular flexibility index (Phi) is 5.10. The van der Waals surface area contributed by atoms with Crippen molar-refractivity contribution in [3.8, 4) is 5.75 Å². The van der Waals surface area contributed by atoms with Crippen LogP contribution in [-0.4, -0.2) is 22.1 Å². The fourth-order valence-corrected chi connectivity index (χ4v) is 3.95. The van der Waals surface area contributed by atoms with Crippen LogP contribution in [0.5, 0.6) is 5.75 Å². The van der Waals surface area contributed by atoms with Crippen molar-refractivity contribution in [2.45, 2.75) is 19.1 Å². The van der Waals surface area contributed by atoms with Crippen LogP contribution in [0.15, 0.2) is 30.5 Å². The van der Waals surface area contributed by atoms with Gasteiger partial charge in [-0.05, 0) is 31.0 Å². The normalized spacial score (nSPS) is 12.3. The van der Waals surface area contributed by atoms with Crippen molar-refractivity contribution in [3.05, 3.63) is 45.9 Å². The summed E-state index contributed by atoms with van der Waals surface area (Å²) in [5.41, 5.74) is 1.19. The first-order chi connectivity index (χ1) is 9.17. The Morgan fingerprint density at radius 1 is 1.32 bits per heavy atom. The van der Waals surface area contributed by atoms with Gasteiger partial charge in [0.25, 0.3) is 0 Å². The van der Waals surface area contributed by atoms with Gasteiger partial charge in [-0.3, -0.25) is 4.21 Å². The zero-order chi connectivity index (χ0) is 13.7. The number of benzene rings is 1. The van der Waals surface area contributed by atoms with E-state index in [-0.39, 0.29) is 0 Å². The van der Waals surface area contributed by atoms with Crippen LogP contribution in [0.3, 0.4) is 0 Å². The third kappa shape index (κ3) is 4.44. The van der Waals surface area contributed by atoms with Crippen LogP contribution in [0.4, 0.5) is 0 Å². The molecule has 1 atom stereocenters. The van der Waals surface area contributed by atoms with Crippen LogP contribution in [0.25, 0.3) is 0 Å². The molecule has 5 heteroatoms.